The van der Waals surface area contributed by atoms with Gasteiger partial charge in [0.25, 0.3) is 0 Å². The van der Waals surface area contributed by atoms with E-state index < -0.39 is 6.09 Å². The van der Waals surface area contributed by atoms with Crippen molar-refractivity contribution in [3.63, 3.8) is 0 Å². The molecule has 1 amide bonds. The molecule has 0 radical (unpaired) electrons. The van der Waals surface area contributed by atoms with E-state index in [1.807, 2.05) is 6.07 Å². The molecule has 20 heavy (non-hydrogen) atoms. The highest BCUT2D eigenvalue weighted by Crippen LogP contribution is 2.37. The van der Waals surface area contributed by atoms with E-state index in [4.69, 9.17) is 4.74 Å². The summed E-state index contributed by atoms with van der Waals surface area (Å²) < 4.78 is 6.17. The number of nitrogens with zero attached hydrogens (tertiary/aromatic N) is 1. The van der Waals surface area contributed by atoms with Crippen LogP contribution in [-0.2, 0) is 12.8 Å². The molecular weight excluding hydrogens is 367 g/mol. The predicted molar refractivity (Wildman–Crippen MR) is 77.7 cm³/mol. The van der Waals surface area contributed by atoms with Crippen LogP contribution in [0.2, 0.25) is 0 Å². The lowest BCUT2D eigenvalue weighted by Crippen LogP contribution is -3.00. The van der Waals surface area contributed by atoms with Crippen molar-refractivity contribution in [3.8, 4) is 5.75 Å². The number of nitrogens with one attached hydrogen (secondary N) is 1. The van der Waals surface area contributed by atoms with Crippen LogP contribution in [0.4, 0.5) is 10.5 Å². The average Bonchev–Trinajstić information content (AvgIpc) is 2.37. The number of carbonyl (C=O) groups excluding carboxylic acids is 1. The molecule has 0 atom stereocenters. The summed E-state index contributed by atoms with van der Waals surface area (Å²) >= 11 is 0. The Hall–Kier alpha value is -0.820. The number of quaternary nitrogens is 1. The summed E-state index contributed by atoms with van der Waals surface area (Å²) in [6.07, 6.45) is 4.05. The summed E-state index contributed by atoms with van der Waals surface area (Å²) in [6.45, 7) is 0. The van der Waals surface area contributed by atoms with Gasteiger partial charge in [-0.3, -0.25) is 4.48 Å². The number of ether oxygens (including phenoxy) is 1. The zero-order chi connectivity index (χ0) is 14.0. The second-order valence-corrected chi connectivity index (χ2v) is 5.90. The molecule has 0 fully saturated rings. The Kier molecular flexibility index (Phi) is 5.82. The smallest absolute Gasteiger partial charge is 0.412 e. The Bertz CT molecular complexity index is 495. The van der Waals surface area contributed by atoms with Crippen LogP contribution in [0, 0.1) is 0 Å². The van der Waals surface area contributed by atoms with Crippen LogP contribution in [0.1, 0.15) is 24.0 Å². The zero-order valence-electron chi connectivity index (χ0n) is 12.6. The minimum absolute atomic E-state index is 0. The van der Waals surface area contributed by atoms with Crippen LogP contribution in [-0.4, -0.2) is 34.3 Å². The molecule has 1 aromatic carbocycles. The minimum Gasteiger partial charge on any atom is -1.00 e. The monoisotopic (exact) mass is 390 g/mol. The second kappa shape index (κ2) is 6.76. The molecule has 1 aliphatic carbocycles. The molecule has 2 rings (SSSR count). The number of amides is 1. The number of halogens is 1. The molecule has 0 unspecified atom stereocenters. The van der Waals surface area contributed by atoms with Gasteiger partial charge in [0.2, 0.25) is 0 Å². The van der Waals surface area contributed by atoms with Crippen LogP contribution in [0.3, 0.4) is 0 Å². The first-order valence-corrected chi connectivity index (χ1v) is 6.80. The number of fused-ring (bicyclic) bond motifs is 1. The summed E-state index contributed by atoms with van der Waals surface area (Å²) in [5.74, 6) is 0.714. The first-order chi connectivity index (χ1) is 8.93. The van der Waals surface area contributed by atoms with Crippen LogP contribution in [0.25, 0.3) is 0 Å². The maximum absolute atomic E-state index is 11.4. The van der Waals surface area contributed by atoms with Crippen molar-refractivity contribution >= 4 is 11.8 Å². The van der Waals surface area contributed by atoms with Gasteiger partial charge in [-0.15, -0.1) is 0 Å². The highest BCUT2D eigenvalue weighted by molar-refractivity contribution is 5.71. The fourth-order valence-electron chi connectivity index (χ4n) is 2.69. The Balaban J connectivity index is 0.00000200. The average molecular weight is 390 g/mol. The highest BCUT2D eigenvalue weighted by Gasteiger charge is 2.25. The molecule has 0 saturated heterocycles. The van der Waals surface area contributed by atoms with E-state index in [2.05, 4.69) is 32.5 Å². The first kappa shape index (κ1) is 17.2. The molecule has 0 heterocycles. The van der Waals surface area contributed by atoms with E-state index in [-0.39, 0.29) is 24.0 Å². The number of benzene rings is 1. The van der Waals surface area contributed by atoms with Gasteiger partial charge < -0.3 is 34.0 Å². The van der Waals surface area contributed by atoms with Crippen LogP contribution < -0.4 is 38.5 Å². The van der Waals surface area contributed by atoms with Crippen LogP contribution in [0.5, 0.6) is 5.75 Å². The van der Waals surface area contributed by atoms with Gasteiger partial charge in [0.05, 0.1) is 21.1 Å². The van der Waals surface area contributed by atoms with Gasteiger partial charge in [-0.2, -0.15) is 0 Å². The van der Waals surface area contributed by atoms with Crippen molar-refractivity contribution in [2.45, 2.75) is 25.7 Å². The molecular formula is C15H23IN2O2. The van der Waals surface area contributed by atoms with Crippen molar-refractivity contribution in [1.29, 1.82) is 0 Å². The van der Waals surface area contributed by atoms with Crippen molar-refractivity contribution < 1.29 is 33.5 Å². The molecule has 0 saturated carbocycles. The van der Waals surface area contributed by atoms with Crippen LogP contribution >= 0.6 is 0 Å². The minimum atomic E-state index is -0.397. The largest absolute Gasteiger partial charge is 1.00 e. The molecule has 1 aromatic rings. The summed E-state index contributed by atoms with van der Waals surface area (Å²) in [4.78, 5) is 11.4. The van der Waals surface area contributed by atoms with Gasteiger partial charge in [0.1, 0.15) is 11.4 Å². The molecule has 0 spiro atoms. The second-order valence-electron chi connectivity index (χ2n) is 5.90. The Labute approximate surface area is 138 Å². The van der Waals surface area contributed by atoms with E-state index in [0.717, 1.165) is 23.7 Å². The van der Waals surface area contributed by atoms with Gasteiger partial charge in [-0.1, -0.05) is 0 Å². The predicted octanol–water partition coefficient (Wildman–Crippen LogP) is -0.516. The van der Waals surface area contributed by atoms with E-state index in [0.29, 0.717) is 5.75 Å². The van der Waals surface area contributed by atoms with Crippen molar-refractivity contribution in [3.05, 3.63) is 23.3 Å². The summed E-state index contributed by atoms with van der Waals surface area (Å²) in [6, 6.07) is 4.01. The van der Waals surface area contributed by atoms with Gasteiger partial charge in [0.15, 0.2) is 0 Å². The fraction of sp³-hybridized carbons (Fsp3) is 0.533. The topological polar surface area (TPSA) is 38.3 Å². The lowest BCUT2D eigenvalue weighted by Gasteiger charge is -2.30. The van der Waals surface area contributed by atoms with Crippen molar-refractivity contribution in [1.82, 2.24) is 9.80 Å². The normalized spacial score (nSPS) is 14.0. The van der Waals surface area contributed by atoms with Gasteiger partial charge in [0, 0.05) is 24.2 Å². The highest BCUT2D eigenvalue weighted by atomic mass is 127. The molecule has 0 aromatic heterocycles. The fourth-order valence-corrected chi connectivity index (χ4v) is 2.69. The van der Waals surface area contributed by atoms with Gasteiger partial charge in [-0.25, -0.2) is 4.79 Å². The standard InChI is InChI=1S/C15H22N2O2.HI/c1-16-15(18)19-14-10-9-13(17(2,3)4)11-7-5-6-8-12(11)14;/h9-10H,5-8H2,1-4H3;1H. The van der Waals surface area contributed by atoms with Crippen LogP contribution in [0.15, 0.2) is 12.1 Å². The summed E-state index contributed by atoms with van der Waals surface area (Å²) in [5.41, 5.74) is 3.89. The third kappa shape index (κ3) is 3.63. The lowest BCUT2D eigenvalue weighted by atomic mass is 9.89. The van der Waals surface area contributed by atoms with E-state index >= 15 is 0 Å². The van der Waals surface area contributed by atoms with Crippen molar-refractivity contribution in [2.75, 3.05) is 28.2 Å². The lowest BCUT2D eigenvalue weighted by molar-refractivity contribution is -0.00000914. The zero-order valence-corrected chi connectivity index (χ0v) is 14.8. The first-order valence-electron chi connectivity index (χ1n) is 6.80. The van der Waals surface area contributed by atoms with Crippen molar-refractivity contribution in [2.24, 2.45) is 0 Å². The molecule has 1 aliphatic rings. The molecule has 112 valence electrons. The Morgan fingerprint density at radius 3 is 2.30 bits per heavy atom. The molecule has 5 heteroatoms. The number of rotatable bonds is 2. The Morgan fingerprint density at radius 2 is 1.75 bits per heavy atom. The van der Waals surface area contributed by atoms with E-state index in [1.165, 1.54) is 23.2 Å². The maximum atomic E-state index is 11.4. The van der Waals surface area contributed by atoms with E-state index in [9.17, 15) is 4.79 Å². The quantitative estimate of drug-likeness (QED) is 0.546. The third-order valence-corrected chi connectivity index (χ3v) is 3.60. The third-order valence-electron chi connectivity index (χ3n) is 3.60. The summed E-state index contributed by atoms with van der Waals surface area (Å²) in [7, 11) is 8.09. The summed E-state index contributed by atoms with van der Waals surface area (Å²) in [5, 5.41) is 2.50. The number of hydrogen-bond acceptors (Lipinski definition) is 2. The maximum Gasteiger partial charge on any atom is 0.412 e. The van der Waals surface area contributed by atoms with E-state index in [1.54, 1.807) is 7.05 Å². The number of carbonyl (C=O) groups is 1. The van der Waals surface area contributed by atoms with Gasteiger partial charge >= 0.3 is 6.09 Å². The molecule has 1 N–H and O–H groups in total. The molecule has 4 nitrogen and oxygen atoms in total. The van der Waals surface area contributed by atoms with Gasteiger partial charge in [-0.05, 0) is 31.7 Å². The number of hydrogen-bond donors (Lipinski definition) is 1. The molecule has 0 aliphatic heterocycles. The Morgan fingerprint density at radius 1 is 1.15 bits per heavy atom. The SMILES string of the molecule is CNC(=O)Oc1ccc([N+](C)(C)C)c2c1CCCC2.[I-]. The molecule has 0 bridgehead atoms.